The van der Waals surface area contributed by atoms with Crippen LogP contribution in [0.4, 0.5) is 0 Å². The van der Waals surface area contributed by atoms with Crippen LogP contribution in [0, 0.1) is 3.57 Å². The van der Waals surface area contributed by atoms with Crippen molar-refractivity contribution >= 4 is 56.9 Å². The lowest BCUT2D eigenvalue weighted by Crippen LogP contribution is -2.44. The number of amides is 1. The molecule has 9 heteroatoms. The zero-order valence-corrected chi connectivity index (χ0v) is 18.1. The lowest BCUT2D eigenvalue weighted by Gasteiger charge is -2.29. The Morgan fingerprint density at radius 3 is 2.70 bits per heavy atom. The molecule has 1 amide bonds. The average Bonchev–Trinajstić information content (AvgIpc) is 2.65. The highest BCUT2D eigenvalue weighted by Crippen LogP contribution is 2.25. The molecule has 7 nitrogen and oxygen atoms in total. The SMILES string of the molecule is CC(=O)Cn1c(SC(C)C(=O)N2CCOCC2)nc2ccc(I)cc2c1=O. The van der Waals surface area contributed by atoms with Crippen molar-refractivity contribution in [3.63, 3.8) is 0 Å². The molecule has 0 bridgehead atoms. The summed E-state index contributed by atoms with van der Waals surface area (Å²) in [7, 11) is 0. The standard InChI is InChI=1S/C18H20IN3O4S/c1-11(23)10-22-17(25)14-9-13(19)3-4-15(14)20-18(22)27-12(2)16(24)21-5-7-26-8-6-21/h3-4,9,12H,5-8,10H2,1-2H3. The number of carbonyl (C=O) groups is 2. The van der Waals surface area contributed by atoms with E-state index in [1.165, 1.54) is 23.3 Å². The van der Waals surface area contributed by atoms with E-state index in [2.05, 4.69) is 27.6 Å². The molecule has 0 spiro atoms. The fourth-order valence-electron chi connectivity index (χ4n) is 2.87. The summed E-state index contributed by atoms with van der Waals surface area (Å²) in [6, 6.07) is 5.43. The van der Waals surface area contributed by atoms with Gasteiger partial charge in [0.25, 0.3) is 5.56 Å². The van der Waals surface area contributed by atoms with Crippen LogP contribution in [0.1, 0.15) is 13.8 Å². The summed E-state index contributed by atoms with van der Waals surface area (Å²) >= 11 is 3.35. The molecule has 1 saturated heterocycles. The summed E-state index contributed by atoms with van der Waals surface area (Å²) in [5.74, 6) is -0.160. The van der Waals surface area contributed by atoms with E-state index in [1.807, 2.05) is 6.07 Å². The number of ketones is 1. The lowest BCUT2D eigenvalue weighted by molar-refractivity contribution is -0.134. The van der Waals surface area contributed by atoms with Crippen LogP contribution >= 0.6 is 34.4 Å². The third kappa shape index (κ3) is 4.69. The van der Waals surface area contributed by atoms with E-state index < -0.39 is 5.25 Å². The smallest absolute Gasteiger partial charge is 0.262 e. The first-order chi connectivity index (χ1) is 12.9. The van der Waals surface area contributed by atoms with Gasteiger partial charge in [-0.05, 0) is 54.6 Å². The van der Waals surface area contributed by atoms with Crippen LogP contribution in [0.3, 0.4) is 0 Å². The second kappa shape index (κ2) is 8.70. The fourth-order valence-corrected chi connectivity index (χ4v) is 4.36. The number of halogens is 1. The number of aromatic nitrogens is 2. The molecule has 1 fully saturated rings. The van der Waals surface area contributed by atoms with Gasteiger partial charge in [-0.25, -0.2) is 4.98 Å². The Balaban J connectivity index is 1.96. The summed E-state index contributed by atoms with van der Waals surface area (Å²) in [6.45, 7) is 5.36. The Morgan fingerprint density at radius 2 is 2.04 bits per heavy atom. The van der Waals surface area contributed by atoms with Crippen LogP contribution < -0.4 is 5.56 Å². The zero-order chi connectivity index (χ0) is 19.6. The molecule has 27 heavy (non-hydrogen) atoms. The highest BCUT2D eigenvalue weighted by molar-refractivity contribution is 14.1. The third-order valence-corrected chi connectivity index (χ3v) is 5.96. The largest absolute Gasteiger partial charge is 0.378 e. The van der Waals surface area contributed by atoms with Gasteiger partial charge < -0.3 is 9.64 Å². The quantitative estimate of drug-likeness (QED) is 0.354. The van der Waals surface area contributed by atoms with Gasteiger partial charge in [0.05, 0.1) is 35.9 Å². The van der Waals surface area contributed by atoms with Crippen molar-refractivity contribution in [1.29, 1.82) is 0 Å². The number of Topliss-reactive ketones (excluding diaryl/α,β-unsaturated/α-hetero) is 1. The highest BCUT2D eigenvalue weighted by Gasteiger charge is 2.25. The molecule has 0 radical (unpaired) electrons. The lowest BCUT2D eigenvalue weighted by atomic mass is 10.2. The molecular weight excluding hydrogens is 481 g/mol. The van der Waals surface area contributed by atoms with Crippen LogP contribution in [0.25, 0.3) is 10.9 Å². The minimum atomic E-state index is -0.422. The Labute approximate surface area is 174 Å². The van der Waals surface area contributed by atoms with Crippen molar-refractivity contribution in [1.82, 2.24) is 14.5 Å². The van der Waals surface area contributed by atoms with Gasteiger partial charge in [-0.3, -0.25) is 19.0 Å². The number of hydrogen-bond donors (Lipinski definition) is 0. The number of rotatable bonds is 5. The first kappa shape index (κ1) is 20.3. The Kier molecular flexibility index (Phi) is 6.53. The van der Waals surface area contributed by atoms with Gasteiger partial charge in [0.2, 0.25) is 5.91 Å². The summed E-state index contributed by atoms with van der Waals surface area (Å²) in [6.07, 6.45) is 0. The number of morpholine rings is 1. The molecule has 1 aliphatic rings. The van der Waals surface area contributed by atoms with E-state index in [0.717, 1.165) is 3.57 Å². The van der Waals surface area contributed by atoms with Crippen LogP contribution in [-0.2, 0) is 20.9 Å². The summed E-state index contributed by atoms with van der Waals surface area (Å²) < 4.78 is 7.58. The molecule has 1 atom stereocenters. The molecular formula is C18H20IN3O4S. The van der Waals surface area contributed by atoms with Gasteiger partial charge >= 0.3 is 0 Å². The predicted octanol–water partition coefficient (Wildman–Crippen LogP) is 1.93. The molecule has 1 unspecified atom stereocenters. The van der Waals surface area contributed by atoms with Crippen LogP contribution in [0.2, 0.25) is 0 Å². The van der Waals surface area contributed by atoms with Gasteiger partial charge in [-0.2, -0.15) is 0 Å². The maximum absolute atomic E-state index is 12.9. The molecule has 1 aromatic carbocycles. The monoisotopic (exact) mass is 501 g/mol. The normalized spacial score (nSPS) is 15.7. The first-order valence-corrected chi connectivity index (χ1v) is 10.6. The molecule has 2 aromatic rings. The molecule has 1 aromatic heterocycles. The van der Waals surface area contributed by atoms with Crippen LogP contribution in [-0.4, -0.2) is 57.7 Å². The Bertz CT molecular complexity index is 940. The maximum atomic E-state index is 12.9. The van der Waals surface area contributed by atoms with E-state index in [-0.39, 0.29) is 23.8 Å². The first-order valence-electron chi connectivity index (χ1n) is 8.59. The summed E-state index contributed by atoms with van der Waals surface area (Å²) in [5, 5.41) is 0.437. The number of benzene rings is 1. The van der Waals surface area contributed by atoms with E-state index >= 15 is 0 Å². The topological polar surface area (TPSA) is 81.5 Å². The minimum Gasteiger partial charge on any atom is -0.378 e. The molecule has 0 N–H and O–H groups in total. The Morgan fingerprint density at radius 1 is 1.33 bits per heavy atom. The fraction of sp³-hybridized carbons (Fsp3) is 0.444. The molecule has 1 aliphatic heterocycles. The number of ether oxygens (including phenoxy) is 1. The Hall–Kier alpha value is -1.46. The van der Waals surface area contributed by atoms with E-state index in [1.54, 1.807) is 24.0 Å². The second-order valence-corrected chi connectivity index (χ2v) is 8.90. The van der Waals surface area contributed by atoms with Gasteiger partial charge in [-0.15, -0.1) is 0 Å². The van der Waals surface area contributed by atoms with Gasteiger partial charge in [-0.1, -0.05) is 11.8 Å². The molecule has 144 valence electrons. The van der Waals surface area contributed by atoms with Gasteiger partial charge in [0.15, 0.2) is 5.16 Å². The van der Waals surface area contributed by atoms with Crippen molar-refractivity contribution in [2.45, 2.75) is 30.8 Å². The highest BCUT2D eigenvalue weighted by atomic mass is 127. The minimum absolute atomic E-state index is 0.0189. The van der Waals surface area contributed by atoms with E-state index in [4.69, 9.17) is 4.74 Å². The van der Waals surface area contributed by atoms with Gasteiger partial charge in [0.1, 0.15) is 5.78 Å². The summed E-state index contributed by atoms with van der Waals surface area (Å²) in [5.41, 5.74) is 0.302. The number of fused-ring (bicyclic) bond motifs is 1. The number of hydrogen-bond acceptors (Lipinski definition) is 6. The number of nitrogens with zero attached hydrogens (tertiary/aromatic N) is 3. The van der Waals surface area contributed by atoms with Crippen LogP contribution in [0.5, 0.6) is 0 Å². The maximum Gasteiger partial charge on any atom is 0.262 e. The van der Waals surface area contributed by atoms with E-state index in [0.29, 0.717) is 42.4 Å². The zero-order valence-electron chi connectivity index (χ0n) is 15.1. The summed E-state index contributed by atoms with van der Waals surface area (Å²) in [4.78, 5) is 43.7. The molecule has 3 rings (SSSR count). The average molecular weight is 501 g/mol. The van der Waals surface area contributed by atoms with Crippen molar-refractivity contribution in [3.05, 3.63) is 32.1 Å². The predicted molar refractivity (Wildman–Crippen MR) is 112 cm³/mol. The van der Waals surface area contributed by atoms with Crippen molar-refractivity contribution in [3.8, 4) is 0 Å². The van der Waals surface area contributed by atoms with Crippen molar-refractivity contribution in [2.75, 3.05) is 26.3 Å². The van der Waals surface area contributed by atoms with Crippen molar-refractivity contribution < 1.29 is 14.3 Å². The van der Waals surface area contributed by atoms with Crippen molar-refractivity contribution in [2.24, 2.45) is 0 Å². The third-order valence-electron chi connectivity index (χ3n) is 4.21. The molecule has 0 aliphatic carbocycles. The van der Waals surface area contributed by atoms with E-state index in [9.17, 15) is 14.4 Å². The number of thioether (sulfide) groups is 1. The molecule has 2 heterocycles. The second-order valence-electron chi connectivity index (χ2n) is 6.35. The molecule has 0 saturated carbocycles. The van der Waals surface area contributed by atoms with Gasteiger partial charge in [0, 0.05) is 16.7 Å². The van der Waals surface area contributed by atoms with Crippen LogP contribution in [0.15, 0.2) is 28.2 Å². The number of carbonyl (C=O) groups excluding carboxylic acids is 2.